The van der Waals surface area contributed by atoms with Crippen LogP contribution in [-0.2, 0) is 13.5 Å². The highest BCUT2D eigenvalue weighted by Crippen LogP contribution is 2.48. The molecule has 0 radical (unpaired) electrons. The van der Waals surface area contributed by atoms with Gasteiger partial charge in [-0.25, -0.2) is 0 Å². The molecular weight excluding hydrogens is 282 g/mol. The van der Waals surface area contributed by atoms with Gasteiger partial charge < -0.3 is 14.8 Å². The highest BCUT2D eigenvalue weighted by atomic mass is 15.3. The molecule has 5 heterocycles. The molecule has 6 rings (SSSR count). The van der Waals surface area contributed by atoms with Gasteiger partial charge in [-0.05, 0) is 62.6 Å². The SMILES string of the molecule is Cn1c2c(c3cccc(CC4CCCNC4)c31)C1CCN2CC1. The fraction of sp³-hybridized carbons (Fsp3) is 0.600. The molecule has 1 N–H and O–H groups in total. The predicted octanol–water partition coefficient (Wildman–Crippen LogP) is 3.42. The summed E-state index contributed by atoms with van der Waals surface area (Å²) in [4.78, 5) is 2.63. The highest BCUT2D eigenvalue weighted by Gasteiger charge is 2.35. The summed E-state index contributed by atoms with van der Waals surface area (Å²) >= 11 is 0. The van der Waals surface area contributed by atoms with Crippen molar-refractivity contribution in [2.75, 3.05) is 31.1 Å². The predicted molar refractivity (Wildman–Crippen MR) is 96.4 cm³/mol. The second-order valence-corrected chi connectivity index (χ2v) is 7.79. The van der Waals surface area contributed by atoms with E-state index >= 15 is 0 Å². The Morgan fingerprint density at radius 2 is 2.04 bits per heavy atom. The van der Waals surface area contributed by atoms with E-state index in [-0.39, 0.29) is 0 Å². The van der Waals surface area contributed by atoms with Crippen LogP contribution in [-0.4, -0.2) is 30.7 Å². The van der Waals surface area contributed by atoms with Crippen LogP contribution in [0.25, 0.3) is 10.9 Å². The molecule has 122 valence electrons. The van der Waals surface area contributed by atoms with E-state index in [0.717, 1.165) is 11.8 Å². The summed E-state index contributed by atoms with van der Waals surface area (Å²) in [5.74, 6) is 3.13. The molecular formula is C20H27N3. The molecule has 1 aromatic carbocycles. The molecule has 1 aromatic heterocycles. The average Bonchev–Trinajstić information content (AvgIpc) is 2.93. The molecule has 3 heteroatoms. The van der Waals surface area contributed by atoms with Gasteiger partial charge in [0.05, 0.1) is 5.52 Å². The maximum Gasteiger partial charge on any atom is 0.112 e. The van der Waals surface area contributed by atoms with Gasteiger partial charge in [-0.1, -0.05) is 18.2 Å². The minimum Gasteiger partial charge on any atom is -0.358 e. The maximum atomic E-state index is 3.58. The van der Waals surface area contributed by atoms with Crippen LogP contribution >= 0.6 is 0 Å². The van der Waals surface area contributed by atoms with Crippen LogP contribution in [0, 0.1) is 5.92 Å². The molecule has 0 spiro atoms. The first kappa shape index (κ1) is 13.9. The summed E-state index contributed by atoms with van der Waals surface area (Å²) in [7, 11) is 2.30. The van der Waals surface area contributed by atoms with Gasteiger partial charge in [0.2, 0.25) is 0 Å². The van der Waals surface area contributed by atoms with Gasteiger partial charge in [0.1, 0.15) is 5.82 Å². The van der Waals surface area contributed by atoms with E-state index in [1.54, 1.807) is 11.1 Å². The Labute approximate surface area is 138 Å². The van der Waals surface area contributed by atoms with E-state index in [0.29, 0.717) is 0 Å². The minimum absolute atomic E-state index is 0.797. The molecule has 2 saturated heterocycles. The van der Waals surface area contributed by atoms with E-state index in [1.807, 2.05) is 0 Å². The normalized spacial score (nSPS) is 24.4. The monoisotopic (exact) mass is 309 g/mol. The Kier molecular flexibility index (Phi) is 3.19. The Hall–Kier alpha value is -1.48. The van der Waals surface area contributed by atoms with E-state index in [1.165, 1.54) is 75.0 Å². The quantitative estimate of drug-likeness (QED) is 0.917. The summed E-state index contributed by atoms with van der Waals surface area (Å²) < 4.78 is 2.52. The van der Waals surface area contributed by atoms with Crippen molar-refractivity contribution in [2.24, 2.45) is 13.0 Å². The summed E-state index contributed by atoms with van der Waals surface area (Å²) in [5.41, 5.74) is 4.74. The van der Waals surface area contributed by atoms with Crippen molar-refractivity contribution in [1.29, 1.82) is 0 Å². The lowest BCUT2D eigenvalue weighted by Gasteiger charge is -2.41. The van der Waals surface area contributed by atoms with Crippen molar-refractivity contribution in [1.82, 2.24) is 9.88 Å². The second kappa shape index (κ2) is 5.27. The third kappa shape index (κ3) is 2.06. The first-order valence-electron chi connectivity index (χ1n) is 9.39. The third-order valence-corrected chi connectivity index (χ3v) is 6.41. The number of hydrogen-bond donors (Lipinski definition) is 1. The fourth-order valence-electron chi connectivity index (χ4n) is 5.35. The van der Waals surface area contributed by atoms with Crippen LogP contribution in [0.4, 0.5) is 5.82 Å². The molecule has 3 nitrogen and oxygen atoms in total. The molecule has 1 unspecified atom stereocenters. The number of fused-ring (bicyclic) bond motifs is 3. The number of piperidine rings is 2. The molecule has 0 saturated carbocycles. The maximum absolute atomic E-state index is 3.58. The lowest BCUT2D eigenvalue weighted by molar-refractivity contribution is 0.376. The topological polar surface area (TPSA) is 20.2 Å². The fourth-order valence-corrected chi connectivity index (χ4v) is 5.35. The zero-order chi connectivity index (χ0) is 15.4. The van der Waals surface area contributed by atoms with Gasteiger partial charge in [0, 0.05) is 31.1 Å². The summed E-state index contributed by atoms with van der Waals surface area (Å²) in [6.45, 7) is 4.90. The smallest absolute Gasteiger partial charge is 0.112 e. The van der Waals surface area contributed by atoms with Crippen molar-refractivity contribution in [2.45, 2.75) is 38.0 Å². The first-order chi connectivity index (χ1) is 11.3. The number of para-hydroxylation sites is 1. The molecule has 23 heavy (non-hydrogen) atoms. The Morgan fingerprint density at radius 1 is 1.17 bits per heavy atom. The number of aryl methyl sites for hydroxylation is 1. The number of anilines is 1. The largest absolute Gasteiger partial charge is 0.358 e. The molecule has 2 bridgehead atoms. The van der Waals surface area contributed by atoms with Crippen molar-refractivity contribution >= 4 is 16.7 Å². The molecule has 0 aliphatic carbocycles. The lowest BCUT2D eigenvalue weighted by atomic mass is 9.84. The molecule has 2 aromatic rings. The Balaban J connectivity index is 1.63. The zero-order valence-corrected chi connectivity index (χ0v) is 14.1. The Bertz CT molecular complexity index is 731. The van der Waals surface area contributed by atoms with Gasteiger partial charge in [-0.15, -0.1) is 0 Å². The van der Waals surface area contributed by atoms with Crippen LogP contribution in [0.1, 0.15) is 42.7 Å². The van der Waals surface area contributed by atoms with E-state index < -0.39 is 0 Å². The molecule has 4 aliphatic rings. The summed E-state index contributed by atoms with van der Waals surface area (Å²) in [6.07, 6.45) is 6.64. The van der Waals surface area contributed by atoms with Crippen LogP contribution in [0.2, 0.25) is 0 Å². The van der Waals surface area contributed by atoms with Crippen molar-refractivity contribution < 1.29 is 0 Å². The van der Waals surface area contributed by atoms with Crippen molar-refractivity contribution in [3.8, 4) is 0 Å². The highest BCUT2D eigenvalue weighted by molar-refractivity contribution is 5.94. The number of nitrogens with one attached hydrogen (secondary N) is 1. The standard InChI is InChI=1S/C20H27N3/c1-22-19-16(12-14-4-3-9-21-13-14)5-2-6-17(19)18-15-7-10-23(11-8-15)20(18)22/h2,5-6,14-15,21H,3-4,7-13H2,1H3. The molecule has 1 atom stereocenters. The number of nitrogens with zero attached hydrogens (tertiary/aromatic N) is 2. The van der Waals surface area contributed by atoms with Crippen LogP contribution in [0.3, 0.4) is 0 Å². The van der Waals surface area contributed by atoms with Crippen LogP contribution in [0.5, 0.6) is 0 Å². The molecule has 2 fully saturated rings. The van der Waals surface area contributed by atoms with Gasteiger partial charge >= 0.3 is 0 Å². The molecule has 0 amide bonds. The number of benzene rings is 1. The van der Waals surface area contributed by atoms with Gasteiger partial charge in [-0.3, -0.25) is 0 Å². The van der Waals surface area contributed by atoms with E-state index in [2.05, 4.69) is 40.0 Å². The van der Waals surface area contributed by atoms with Crippen LogP contribution in [0.15, 0.2) is 18.2 Å². The summed E-state index contributed by atoms with van der Waals surface area (Å²) in [5, 5.41) is 5.12. The van der Waals surface area contributed by atoms with Crippen molar-refractivity contribution in [3.05, 3.63) is 29.3 Å². The number of rotatable bonds is 2. The summed E-state index contributed by atoms with van der Waals surface area (Å²) in [6, 6.07) is 7.05. The second-order valence-electron chi connectivity index (χ2n) is 7.79. The zero-order valence-electron chi connectivity index (χ0n) is 14.1. The van der Waals surface area contributed by atoms with Crippen LogP contribution < -0.4 is 10.2 Å². The van der Waals surface area contributed by atoms with Crippen molar-refractivity contribution in [3.63, 3.8) is 0 Å². The number of hydrogen-bond acceptors (Lipinski definition) is 2. The van der Waals surface area contributed by atoms with Gasteiger partial charge in [0.15, 0.2) is 0 Å². The first-order valence-corrected chi connectivity index (χ1v) is 9.39. The minimum atomic E-state index is 0.797. The molecule has 4 aliphatic heterocycles. The third-order valence-electron chi connectivity index (χ3n) is 6.41. The van der Waals surface area contributed by atoms with Gasteiger partial charge in [0.25, 0.3) is 0 Å². The lowest BCUT2D eigenvalue weighted by Crippen LogP contribution is -2.39. The van der Waals surface area contributed by atoms with E-state index in [4.69, 9.17) is 0 Å². The number of aromatic nitrogens is 1. The Morgan fingerprint density at radius 3 is 2.83 bits per heavy atom. The van der Waals surface area contributed by atoms with E-state index in [9.17, 15) is 0 Å². The average molecular weight is 309 g/mol. The van der Waals surface area contributed by atoms with Gasteiger partial charge in [-0.2, -0.15) is 0 Å².